The third kappa shape index (κ3) is 4.34. The van der Waals surface area contributed by atoms with Crippen molar-refractivity contribution in [2.24, 2.45) is 11.3 Å². The predicted molar refractivity (Wildman–Crippen MR) is 80.8 cm³/mol. The average molecular weight is 275 g/mol. The molecule has 0 atom stereocenters. The number of carboxylic acids is 1. The summed E-state index contributed by atoms with van der Waals surface area (Å²) in [5, 5.41) is 12.4. The van der Waals surface area contributed by atoms with Gasteiger partial charge in [0, 0.05) is 6.54 Å². The van der Waals surface area contributed by atoms with Crippen molar-refractivity contribution in [3.8, 4) is 0 Å². The highest BCUT2D eigenvalue weighted by molar-refractivity contribution is 5.87. The maximum Gasteiger partial charge on any atom is 0.335 e. The molecule has 0 spiro atoms. The number of rotatable bonds is 5. The Kier molecular flexibility index (Phi) is 4.81. The van der Waals surface area contributed by atoms with Crippen LogP contribution < -0.4 is 5.32 Å². The molecule has 110 valence electrons. The fraction of sp³-hybridized carbons (Fsp3) is 0.588. The zero-order valence-electron chi connectivity index (χ0n) is 12.5. The molecule has 0 heterocycles. The van der Waals surface area contributed by atoms with Crippen LogP contribution in [0.1, 0.15) is 55.5 Å². The Hall–Kier alpha value is -1.35. The van der Waals surface area contributed by atoms with Gasteiger partial charge in [0.2, 0.25) is 0 Å². The normalized spacial score (nSPS) is 18.9. The summed E-state index contributed by atoms with van der Waals surface area (Å²) in [6, 6.07) is 7.17. The van der Waals surface area contributed by atoms with Crippen molar-refractivity contribution in [3.05, 3.63) is 35.4 Å². The van der Waals surface area contributed by atoms with Gasteiger partial charge in [-0.1, -0.05) is 26.0 Å². The predicted octanol–water partition coefficient (Wildman–Crippen LogP) is 3.69. The van der Waals surface area contributed by atoms with E-state index in [1.54, 1.807) is 12.1 Å². The molecule has 1 aliphatic rings. The first-order valence-electron chi connectivity index (χ1n) is 7.49. The van der Waals surface area contributed by atoms with Gasteiger partial charge >= 0.3 is 5.97 Å². The van der Waals surface area contributed by atoms with Crippen LogP contribution in [0.5, 0.6) is 0 Å². The lowest BCUT2D eigenvalue weighted by molar-refractivity contribution is 0.0696. The van der Waals surface area contributed by atoms with E-state index in [0.717, 1.165) is 24.6 Å². The molecule has 0 aromatic heterocycles. The number of nitrogens with one attached hydrogen (secondary N) is 1. The molecule has 0 unspecified atom stereocenters. The molecule has 1 aliphatic carbocycles. The SMILES string of the molecule is CC1(C)CCC(CNCc2cccc(C(=O)O)c2)CC1. The maximum absolute atomic E-state index is 10.9. The first-order valence-corrected chi connectivity index (χ1v) is 7.49. The number of carbonyl (C=O) groups is 1. The molecular formula is C17H25NO2. The Morgan fingerprint density at radius 1 is 1.35 bits per heavy atom. The van der Waals surface area contributed by atoms with Gasteiger partial charge in [-0.2, -0.15) is 0 Å². The zero-order chi connectivity index (χ0) is 14.6. The van der Waals surface area contributed by atoms with Gasteiger partial charge in [-0.15, -0.1) is 0 Å². The number of aromatic carboxylic acids is 1. The zero-order valence-corrected chi connectivity index (χ0v) is 12.5. The molecule has 3 heteroatoms. The second-order valence-electron chi connectivity index (χ2n) is 6.74. The van der Waals surface area contributed by atoms with Crippen LogP contribution in [0.25, 0.3) is 0 Å². The molecule has 0 aliphatic heterocycles. The van der Waals surface area contributed by atoms with E-state index in [1.165, 1.54) is 25.7 Å². The lowest BCUT2D eigenvalue weighted by Gasteiger charge is -2.34. The third-order valence-corrected chi connectivity index (χ3v) is 4.39. The Balaban J connectivity index is 1.76. The number of carboxylic acid groups (broad SMARTS) is 1. The van der Waals surface area contributed by atoms with E-state index in [-0.39, 0.29) is 0 Å². The van der Waals surface area contributed by atoms with E-state index in [0.29, 0.717) is 11.0 Å². The van der Waals surface area contributed by atoms with Crippen molar-refractivity contribution in [3.63, 3.8) is 0 Å². The van der Waals surface area contributed by atoms with Crippen molar-refractivity contribution in [2.45, 2.75) is 46.1 Å². The Bertz CT molecular complexity index is 458. The quantitative estimate of drug-likeness (QED) is 0.861. The van der Waals surface area contributed by atoms with Crippen molar-refractivity contribution < 1.29 is 9.90 Å². The molecule has 0 radical (unpaired) electrons. The second kappa shape index (κ2) is 6.40. The smallest absolute Gasteiger partial charge is 0.335 e. The summed E-state index contributed by atoms with van der Waals surface area (Å²) in [4.78, 5) is 10.9. The van der Waals surface area contributed by atoms with Crippen LogP contribution in [0.15, 0.2) is 24.3 Å². The van der Waals surface area contributed by atoms with Crippen molar-refractivity contribution in [2.75, 3.05) is 6.54 Å². The minimum absolute atomic E-state index is 0.365. The molecule has 2 rings (SSSR count). The van der Waals surface area contributed by atoms with Crippen LogP contribution in [0.2, 0.25) is 0 Å². The fourth-order valence-electron chi connectivity index (χ4n) is 2.90. The minimum Gasteiger partial charge on any atom is -0.478 e. The maximum atomic E-state index is 10.9. The summed E-state index contributed by atoms with van der Waals surface area (Å²) < 4.78 is 0. The van der Waals surface area contributed by atoms with Crippen LogP contribution >= 0.6 is 0 Å². The van der Waals surface area contributed by atoms with Gasteiger partial charge in [-0.25, -0.2) is 4.79 Å². The summed E-state index contributed by atoms with van der Waals surface area (Å²) in [5.41, 5.74) is 1.93. The van der Waals surface area contributed by atoms with Gasteiger partial charge in [0.15, 0.2) is 0 Å². The molecule has 1 fully saturated rings. The van der Waals surface area contributed by atoms with E-state index in [9.17, 15) is 4.79 Å². The van der Waals surface area contributed by atoms with Crippen LogP contribution in [0, 0.1) is 11.3 Å². The second-order valence-corrected chi connectivity index (χ2v) is 6.74. The van der Waals surface area contributed by atoms with Crippen LogP contribution in [0.3, 0.4) is 0 Å². The third-order valence-electron chi connectivity index (χ3n) is 4.39. The molecular weight excluding hydrogens is 250 g/mol. The fourth-order valence-corrected chi connectivity index (χ4v) is 2.90. The summed E-state index contributed by atoms with van der Waals surface area (Å²) >= 11 is 0. The number of benzene rings is 1. The molecule has 1 aromatic rings. The van der Waals surface area contributed by atoms with Gasteiger partial charge in [-0.3, -0.25) is 0 Å². The lowest BCUT2D eigenvalue weighted by Crippen LogP contribution is -2.29. The first-order chi connectivity index (χ1) is 9.46. The van der Waals surface area contributed by atoms with Crippen LogP contribution in [-0.2, 0) is 6.54 Å². The van der Waals surface area contributed by atoms with Crippen LogP contribution in [-0.4, -0.2) is 17.6 Å². The number of hydrogen-bond acceptors (Lipinski definition) is 2. The van der Waals surface area contributed by atoms with E-state index in [1.807, 2.05) is 12.1 Å². The molecule has 3 nitrogen and oxygen atoms in total. The standard InChI is InChI=1S/C17H25NO2/c1-17(2)8-6-13(7-9-17)11-18-12-14-4-3-5-15(10-14)16(19)20/h3-5,10,13,18H,6-9,11-12H2,1-2H3,(H,19,20). The highest BCUT2D eigenvalue weighted by Gasteiger charge is 2.26. The highest BCUT2D eigenvalue weighted by Crippen LogP contribution is 2.37. The monoisotopic (exact) mass is 275 g/mol. The molecule has 2 N–H and O–H groups in total. The lowest BCUT2D eigenvalue weighted by atomic mass is 9.73. The van der Waals surface area contributed by atoms with Gasteiger partial charge in [0.05, 0.1) is 5.56 Å². The molecule has 1 aromatic carbocycles. The van der Waals surface area contributed by atoms with Gasteiger partial charge in [-0.05, 0) is 61.3 Å². The minimum atomic E-state index is -0.860. The van der Waals surface area contributed by atoms with Gasteiger partial charge in [0.25, 0.3) is 0 Å². The average Bonchev–Trinajstić information content (AvgIpc) is 2.41. The highest BCUT2D eigenvalue weighted by atomic mass is 16.4. The largest absolute Gasteiger partial charge is 0.478 e. The molecule has 1 saturated carbocycles. The Morgan fingerprint density at radius 3 is 2.70 bits per heavy atom. The molecule has 0 saturated heterocycles. The van der Waals surface area contributed by atoms with E-state index in [2.05, 4.69) is 19.2 Å². The Labute approximate surface area is 121 Å². The van der Waals surface area contributed by atoms with Gasteiger partial charge < -0.3 is 10.4 Å². The molecule has 20 heavy (non-hydrogen) atoms. The summed E-state index contributed by atoms with van der Waals surface area (Å²) in [5.74, 6) is -0.0907. The molecule has 0 amide bonds. The van der Waals surface area contributed by atoms with Crippen molar-refractivity contribution in [1.29, 1.82) is 0 Å². The topological polar surface area (TPSA) is 49.3 Å². The van der Waals surface area contributed by atoms with E-state index < -0.39 is 5.97 Å². The molecule has 0 bridgehead atoms. The van der Waals surface area contributed by atoms with Crippen molar-refractivity contribution in [1.82, 2.24) is 5.32 Å². The Morgan fingerprint density at radius 2 is 2.05 bits per heavy atom. The number of hydrogen-bond donors (Lipinski definition) is 2. The van der Waals surface area contributed by atoms with Gasteiger partial charge in [0.1, 0.15) is 0 Å². The summed E-state index contributed by atoms with van der Waals surface area (Å²) in [7, 11) is 0. The summed E-state index contributed by atoms with van der Waals surface area (Å²) in [6.45, 7) is 6.50. The van der Waals surface area contributed by atoms with Crippen molar-refractivity contribution >= 4 is 5.97 Å². The van der Waals surface area contributed by atoms with E-state index in [4.69, 9.17) is 5.11 Å². The van der Waals surface area contributed by atoms with Crippen LogP contribution in [0.4, 0.5) is 0 Å². The van der Waals surface area contributed by atoms with E-state index >= 15 is 0 Å². The first kappa shape index (κ1) is 15.0. The summed E-state index contributed by atoms with van der Waals surface area (Å²) in [6.07, 6.45) is 5.23.